The Kier molecular flexibility index (Phi) is 5.29. The number of carbonyl (C=O) groups excluding carboxylic acids is 1. The van der Waals surface area contributed by atoms with Gasteiger partial charge in [0, 0.05) is 5.56 Å². The lowest BCUT2D eigenvalue weighted by molar-refractivity contribution is 0.0473. The van der Waals surface area contributed by atoms with Gasteiger partial charge >= 0.3 is 5.97 Å². The summed E-state index contributed by atoms with van der Waals surface area (Å²) < 4.78 is 7.28. The van der Waals surface area contributed by atoms with Gasteiger partial charge in [-0.15, -0.1) is 0 Å². The van der Waals surface area contributed by atoms with Crippen LogP contribution in [0.2, 0.25) is 5.15 Å². The van der Waals surface area contributed by atoms with Gasteiger partial charge in [-0.05, 0) is 47.9 Å². The molecule has 2 heterocycles. The van der Waals surface area contributed by atoms with Crippen molar-refractivity contribution in [2.24, 2.45) is 0 Å². The van der Waals surface area contributed by atoms with Crippen LogP contribution in [0.4, 0.5) is 0 Å². The van der Waals surface area contributed by atoms with Crippen molar-refractivity contribution in [3.8, 4) is 17.2 Å². The molecule has 0 saturated carbocycles. The first-order chi connectivity index (χ1) is 16.1. The van der Waals surface area contributed by atoms with Gasteiger partial charge in [0.05, 0.1) is 22.2 Å². The third kappa shape index (κ3) is 3.61. The molecule has 0 fully saturated rings. The fourth-order valence-corrected chi connectivity index (χ4v) is 4.45. The molecule has 0 radical (unpaired) electrons. The highest BCUT2D eigenvalue weighted by Gasteiger charge is 2.21. The summed E-state index contributed by atoms with van der Waals surface area (Å²) in [6, 6.07) is 26.5. The molecule has 2 aromatic heterocycles. The Labute approximate surface area is 195 Å². The zero-order chi connectivity index (χ0) is 22.9. The highest BCUT2D eigenvalue weighted by molar-refractivity contribution is 6.33. The molecule has 0 aliphatic carbocycles. The zero-order valence-electron chi connectivity index (χ0n) is 17.7. The Morgan fingerprint density at radius 2 is 1.82 bits per heavy atom. The Hall–Kier alpha value is -4.14. The van der Waals surface area contributed by atoms with E-state index in [0.717, 1.165) is 22.2 Å². The second-order valence-corrected chi connectivity index (χ2v) is 8.04. The molecular weight excluding hydrogens is 434 g/mol. The number of esters is 1. The summed E-state index contributed by atoms with van der Waals surface area (Å²) in [6.45, 7) is 2.04. The van der Waals surface area contributed by atoms with Crippen molar-refractivity contribution in [3.63, 3.8) is 0 Å². The van der Waals surface area contributed by atoms with Crippen LogP contribution < -0.4 is 0 Å². The summed E-state index contributed by atoms with van der Waals surface area (Å²) in [6.07, 6.45) is 0. The maximum absolute atomic E-state index is 12.7. The van der Waals surface area contributed by atoms with Gasteiger partial charge in [0.1, 0.15) is 17.8 Å². The fraction of sp³-hybridized carbons (Fsp3) is 0.0741. The molecule has 3 aromatic carbocycles. The number of hydrogen-bond donors (Lipinski definition) is 0. The van der Waals surface area contributed by atoms with Crippen LogP contribution >= 0.6 is 11.6 Å². The first kappa shape index (κ1) is 20.7. The van der Waals surface area contributed by atoms with Crippen LogP contribution in [0, 0.1) is 18.3 Å². The summed E-state index contributed by atoms with van der Waals surface area (Å²) in [4.78, 5) is 17.3. The quantitative estimate of drug-likeness (QED) is 0.236. The topological polar surface area (TPSA) is 67.4 Å². The summed E-state index contributed by atoms with van der Waals surface area (Å²) >= 11 is 6.90. The number of nitriles is 1. The predicted octanol–water partition coefficient (Wildman–Crippen LogP) is 6.35. The van der Waals surface area contributed by atoms with E-state index in [9.17, 15) is 10.1 Å². The molecule has 160 valence electrons. The van der Waals surface area contributed by atoms with Gasteiger partial charge in [-0.2, -0.15) is 5.26 Å². The molecule has 5 rings (SSSR count). The summed E-state index contributed by atoms with van der Waals surface area (Å²) in [5, 5.41) is 10.3. The average Bonchev–Trinajstić information content (AvgIpc) is 3.23. The molecule has 33 heavy (non-hydrogen) atoms. The average molecular weight is 452 g/mol. The minimum Gasteiger partial charge on any atom is -0.457 e. The molecule has 0 N–H and O–H groups in total. The van der Waals surface area contributed by atoms with E-state index < -0.39 is 5.97 Å². The van der Waals surface area contributed by atoms with Crippen molar-refractivity contribution >= 4 is 34.3 Å². The van der Waals surface area contributed by atoms with Crippen LogP contribution in [0.3, 0.4) is 0 Å². The van der Waals surface area contributed by atoms with Crippen LogP contribution in [0.1, 0.15) is 27.0 Å². The van der Waals surface area contributed by atoms with Gasteiger partial charge < -0.3 is 4.74 Å². The number of rotatable bonds is 4. The Morgan fingerprint density at radius 3 is 2.61 bits per heavy atom. The highest BCUT2D eigenvalue weighted by Crippen LogP contribution is 2.37. The molecule has 0 bridgehead atoms. The maximum Gasteiger partial charge on any atom is 0.338 e. The number of nitrogens with zero attached hydrogens (tertiary/aromatic N) is 3. The molecule has 5 aromatic rings. The van der Waals surface area contributed by atoms with Crippen LogP contribution in [0.5, 0.6) is 0 Å². The second kappa shape index (κ2) is 8.42. The third-order valence-corrected chi connectivity index (χ3v) is 6.01. The number of fused-ring (bicyclic) bond motifs is 3. The Morgan fingerprint density at radius 1 is 1.06 bits per heavy atom. The predicted molar refractivity (Wildman–Crippen MR) is 128 cm³/mol. The Bertz CT molecular complexity index is 1570. The van der Waals surface area contributed by atoms with Gasteiger partial charge in [-0.1, -0.05) is 66.2 Å². The number of pyridine rings is 1. The summed E-state index contributed by atoms with van der Waals surface area (Å²) in [5.74, 6) is -0.427. The number of carbonyl (C=O) groups is 1. The van der Waals surface area contributed by atoms with Gasteiger partial charge in [-0.25, -0.2) is 9.78 Å². The molecule has 6 heteroatoms. The van der Waals surface area contributed by atoms with Gasteiger partial charge in [0.2, 0.25) is 0 Å². The van der Waals surface area contributed by atoms with E-state index in [4.69, 9.17) is 16.3 Å². The van der Waals surface area contributed by atoms with E-state index in [-0.39, 0.29) is 6.61 Å². The molecule has 0 aliphatic rings. The number of benzene rings is 3. The van der Waals surface area contributed by atoms with Crippen molar-refractivity contribution in [3.05, 3.63) is 106 Å². The summed E-state index contributed by atoms with van der Waals surface area (Å²) in [5.41, 5.74) is 5.97. The molecule has 5 nitrogen and oxygen atoms in total. The largest absolute Gasteiger partial charge is 0.457 e. The van der Waals surface area contributed by atoms with Crippen LogP contribution in [0.25, 0.3) is 27.8 Å². The standard InChI is InChI=1S/C27H18ClN3O2/c1-17-21(15-29)26-30-22-12-5-6-13-23(22)31(26)25(28)24(17)19-10-7-11-20(14-19)27(32)33-16-18-8-3-2-4-9-18/h2-14H,16H2,1H3. The van der Waals surface area contributed by atoms with Gasteiger partial charge in [0.15, 0.2) is 5.65 Å². The number of para-hydroxylation sites is 2. The molecule has 0 amide bonds. The minimum absolute atomic E-state index is 0.190. The molecular formula is C27H18ClN3O2. The smallest absolute Gasteiger partial charge is 0.338 e. The van der Waals surface area contributed by atoms with Crippen LogP contribution in [-0.4, -0.2) is 15.4 Å². The first-order valence-electron chi connectivity index (χ1n) is 10.4. The lowest BCUT2D eigenvalue weighted by Crippen LogP contribution is -2.06. The number of aromatic nitrogens is 2. The van der Waals surface area contributed by atoms with E-state index >= 15 is 0 Å². The van der Waals surface area contributed by atoms with E-state index in [1.807, 2.05) is 67.6 Å². The molecule has 0 saturated heterocycles. The van der Waals surface area contributed by atoms with Gasteiger partial charge in [0.25, 0.3) is 0 Å². The SMILES string of the molecule is Cc1c(-c2cccc(C(=O)OCc3ccccc3)c2)c(Cl)n2c(nc3ccccc32)c1C#N. The molecule has 0 spiro atoms. The normalized spacial score (nSPS) is 10.9. The van der Waals surface area contributed by atoms with Crippen molar-refractivity contribution in [1.29, 1.82) is 5.26 Å². The van der Waals surface area contributed by atoms with E-state index in [1.165, 1.54) is 0 Å². The number of imidazole rings is 1. The minimum atomic E-state index is -0.427. The number of halogens is 1. The van der Waals surface area contributed by atoms with E-state index in [2.05, 4.69) is 11.1 Å². The number of hydrogen-bond acceptors (Lipinski definition) is 4. The lowest BCUT2D eigenvalue weighted by atomic mass is 9.97. The van der Waals surface area contributed by atoms with E-state index in [1.54, 1.807) is 22.6 Å². The van der Waals surface area contributed by atoms with Crippen molar-refractivity contribution < 1.29 is 9.53 Å². The third-order valence-electron chi connectivity index (χ3n) is 5.65. The summed E-state index contributed by atoms with van der Waals surface area (Å²) in [7, 11) is 0. The zero-order valence-corrected chi connectivity index (χ0v) is 18.5. The van der Waals surface area contributed by atoms with Crippen molar-refractivity contribution in [1.82, 2.24) is 9.38 Å². The number of ether oxygens (including phenoxy) is 1. The van der Waals surface area contributed by atoms with Crippen LogP contribution in [0.15, 0.2) is 78.9 Å². The Balaban J connectivity index is 1.60. The molecule has 0 unspecified atom stereocenters. The van der Waals surface area contributed by atoms with E-state index in [0.29, 0.717) is 33.1 Å². The van der Waals surface area contributed by atoms with Crippen LogP contribution in [-0.2, 0) is 11.3 Å². The highest BCUT2D eigenvalue weighted by atomic mass is 35.5. The molecule has 0 atom stereocenters. The first-order valence-corrected chi connectivity index (χ1v) is 10.8. The fourth-order valence-electron chi connectivity index (χ4n) is 4.03. The maximum atomic E-state index is 12.7. The lowest BCUT2D eigenvalue weighted by Gasteiger charge is -2.14. The second-order valence-electron chi connectivity index (χ2n) is 7.68. The van der Waals surface area contributed by atoms with Gasteiger partial charge in [-0.3, -0.25) is 4.40 Å². The molecule has 0 aliphatic heterocycles. The van der Waals surface area contributed by atoms with Crippen molar-refractivity contribution in [2.75, 3.05) is 0 Å². The monoisotopic (exact) mass is 451 g/mol. The van der Waals surface area contributed by atoms with Crippen molar-refractivity contribution in [2.45, 2.75) is 13.5 Å².